The Bertz CT molecular complexity index is 378. The highest BCUT2D eigenvalue weighted by Gasteiger charge is 2.34. The number of rotatable bonds is 1. The van der Waals surface area contributed by atoms with Gasteiger partial charge in [-0.2, -0.15) is 0 Å². The minimum atomic E-state index is -0.256. The summed E-state index contributed by atoms with van der Waals surface area (Å²) in [6.45, 7) is 5.99. The van der Waals surface area contributed by atoms with Gasteiger partial charge in [-0.3, -0.25) is 0 Å². The quantitative estimate of drug-likeness (QED) is 0.856. The number of piperidine rings is 1. The molecular formula is C13H18BrNO. The minimum Gasteiger partial charge on any atom is -0.391 e. The summed E-state index contributed by atoms with van der Waals surface area (Å²) in [5.41, 5.74) is 1.22. The summed E-state index contributed by atoms with van der Waals surface area (Å²) in [6, 6.07) is 8.18. The molecule has 0 aliphatic carbocycles. The molecule has 3 heteroatoms. The first-order chi connectivity index (χ1) is 7.50. The monoisotopic (exact) mass is 283 g/mol. The van der Waals surface area contributed by atoms with Gasteiger partial charge >= 0.3 is 0 Å². The van der Waals surface area contributed by atoms with Crippen molar-refractivity contribution in [3.63, 3.8) is 0 Å². The van der Waals surface area contributed by atoms with E-state index in [-0.39, 0.29) is 11.5 Å². The smallest absolute Gasteiger partial charge is 0.0766 e. The number of benzene rings is 1. The van der Waals surface area contributed by atoms with Gasteiger partial charge in [-0.15, -0.1) is 0 Å². The van der Waals surface area contributed by atoms with Crippen LogP contribution in [-0.2, 0) is 0 Å². The highest BCUT2D eigenvalue weighted by Crippen LogP contribution is 2.35. The molecule has 1 aliphatic heterocycles. The third kappa shape index (κ3) is 2.25. The van der Waals surface area contributed by atoms with E-state index in [1.165, 1.54) is 5.69 Å². The van der Waals surface area contributed by atoms with E-state index in [4.69, 9.17) is 0 Å². The fourth-order valence-corrected chi connectivity index (χ4v) is 2.60. The fourth-order valence-electron chi connectivity index (χ4n) is 2.06. The zero-order valence-electron chi connectivity index (χ0n) is 9.78. The number of aliphatic hydroxyl groups excluding tert-OH is 1. The van der Waals surface area contributed by atoms with E-state index in [1.54, 1.807) is 0 Å². The molecule has 1 heterocycles. The van der Waals surface area contributed by atoms with Crippen LogP contribution >= 0.6 is 15.9 Å². The second-order valence-electron chi connectivity index (χ2n) is 5.15. The predicted molar refractivity (Wildman–Crippen MR) is 70.8 cm³/mol. The van der Waals surface area contributed by atoms with Crippen LogP contribution in [-0.4, -0.2) is 24.3 Å². The highest BCUT2D eigenvalue weighted by atomic mass is 79.9. The van der Waals surface area contributed by atoms with Crippen molar-refractivity contribution in [1.29, 1.82) is 0 Å². The second kappa shape index (κ2) is 4.38. The molecule has 1 fully saturated rings. The van der Waals surface area contributed by atoms with Crippen molar-refractivity contribution < 1.29 is 5.11 Å². The molecule has 1 unspecified atom stereocenters. The first-order valence-electron chi connectivity index (χ1n) is 5.68. The Hall–Kier alpha value is -0.540. The van der Waals surface area contributed by atoms with Crippen LogP contribution in [0.2, 0.25) is 0 Å². The van der Waals surface area contributed by atoms with E-state index in [9.17, 15) is 5.11 Å². The molecule has 0 saturated carbocycles. The van der Waals surface area contributed by atoms with Crippen molar-refractivity contribution in [1.82, 2.24) is 0 Å². The number of hydrogen-bond donors (Lipinski definition) is 1. The van der Waals surface area contributed by atoms with Crippen molar-refractivity contribution >= 4 is 21.6 Å². The Morgan fingerprint density at radius 3 is 2.69 bits per heavy atom. The fraction of sp³-hybridized carbons (Fsp3) is 0.538. The van der Waals surface area contributed by atoms with Crippen LogP contribution in [0.3, 0.4) is 0 Å². The van der Waals surface area contributed by atoms with Gasteiger partial charge in [0.05, 0.1) is 11.8 Å². The zero-order valence-corrected chi connectivity index (χ0v) is 11.4. The molecule has 0 amide bonds. The summed E-state index contributed by atoms with van der Waals surface area (Å²) in [7, 11) is 0. The topological polar surface area (TPSA) is 23.5 Å². The molecule has 88 valence electrons. The lowest BCUT2D eigenvalue weighted by atomic mass is 9.80. The molecule has 0 aromatic heterocycles. The minimum absolute atomic E-state index is 0.0394. The van der Waals surface area contributed by atoms with Gasteiger partial charge in [0, 0.05) is 17.6 Å². The van der Waals surface area contributed by atoms with Gasteiger partial charge in [0.1, 0.15) is 0 Å². The van der Waals surface area contributed by atoms with Crippen molar-refractivity contribution in [2.75, 3.05) is 18.0 Å². The van der Waals surface area contributed by atoms with Gasteiger partial charge in [-0.05, 0) is 39.9 Å². The van der Waals surface area contributed by atoms with Crippen molar-refractivity contribution in [2.45, 2.75) is 26.4 Å². The number of para-hydroxylation sites is 1. The first kappa shape index (κ1) is 11.9. The maximum atomic E-state index is 10.1. The maximum absolute atomic E-state index is 10.1. The van der Waals surface area contributed by atoms with Gasteiger partial charge in [0.2, 0.25) is 0 Å². The van der Waals surface area contributed by atoms with Gasteiger partial charge in [-0.1, -0.05) is 26.0 Å². The van der Waals surface area contributed by atoms with Gasteiger partial charge in [0.25, 0.3) is 0 Å². The molecule has 0 spiro atoms. The number of nitrogens with zero attached hydrogens (tertiary/aromatic N) is 1. The van der Waals surface area contributed by atoms with Gasteiger partial charge < -0.3 is 10.0 Å². The van der Waals surface area contributed by atoms with E-state index < -0.39 is 0 Å². The zero-order chi connectivity index (χ0) is 11.8. The molecule has 1 saturated heterocycles. The Balaban J connectivity index is 2.17. The van der Waals surface area contributed by atoms with E-state index >= 15 is 0 Å². The molecule has 0 bridgehead atoms. The largest absolute Gasteiger partial charge is 0.391 e. The number of hydrogen-bond acceptors (Lipinski definition) is 2. The van der Waals surface area contributed by atoms with Crippen LogP contribution in [0.15, 0.2) is 28.7 Å². The number of aliphatic hydroxyl groups is 1. The van der Waals surface area contributed by atoms with Crippen molar-refractivity contribution in [3.05, 3.63) is 28.7 Å². The molecular weight excluding hydrogens is 266 g/mol. The summed E-state index contributed by atoms with van der Waals surface area (Å²) in [5.74, 6) is 0. The third-order valence-electron chi connectivity index (χ3n) is 3.51. The second-order valence-corrected chi connectivity index (χ2v) is 6.01. The number of anilines is 1. The lowest BCUT2D eigenvalue weighted by Crippen LogP contribution is -2.48. The van der Waals surface area contributed by atoms with Crippen molar-refractivity contribution in [2.24, 2.45) is 5.41 Å². The molecule has 1 aromatic rings. The number of halogens is 1. The SMILES string of the molecule is CC1(C)CCN(c2ccccc2Br)CC1O. The molecule has 1 atom stereocenters. The molecule has 2 nitrogen and oxygen atoms in total. The van der Waals surface area contributed by atoms with Crippen LogP contribution in [0.5, 0.6) is 0 Å². The van der Waals surface area contributed by atoms with Crippen LogP contribution in [0, 0.1) is 5.41 Å². The van der Waals surface area contributed by atoms with Crippen LogP contribution in [0.4, 0.5) is 5.69 Å². The van der Waals surface area contributed by atoms with Crippen molar-refractivity contribution in [3.8, 4) is 0 Å². The van der Waals surface area contributed by atoms with Crippen LogP contribution < -0.4 is 4.90 Å². The average molecular weight is 284 g/mol. The molecule has 1 aromatic carbocycles. The summed E-state index contributed by atoms with van der Waals surface area (Å²) in [4.78, 5) is 2.25. The Kier molecular flexibility index (Phi) is 3.27. The summed E-state index contributed by atoms with van der Waals surface area (Å²) in [6.07, 6.45) is 0.767. The maximum Gasteiger partial charge on any atom is 0.0766 e. The lowest BCUT2D eigenvalue weighted by molar-refractivity contribution is 0.0351. The van der Waals surface area contributed by atoms with E-state index in [0.717, 1.165) is 24.0 Å². The summed E-state index contributed by atoms with van der Waals surface area (Å²) >= 11 is 3.56. The Morgan fingerprint density at radius 2 is 2.06 bits per heavy atom. The normalized spacial score (nSPS) is 24.5. The highest BCUT2D eigenvalue weighted by molar-refractivity contribution is 9.10. The summed E-state index contributed by atoms with van der Waals surface area (Å²) < 4.78 is 1.10. The van der Waals surface area contributed by atoms with Crippen LogP contribution in [0.25, 0.3) is 0 Å². The lowest BCUT2D eigenvalue weighted by Gasteiger charge is -2.42. The molecule has 16 heavy (non-hydrogen) atoms. The molecule has 2 rings (SSSR count). The Labute approximate surface area is 105 Å². The third-order valence-corrected chi connectivity index (χ3v) is 4.19. The first-order valence-corrected chi connectivity index (χ1v) is 6.47. The average Bonchev–Trinajstić information content (AvgIpc) is 2.23. The van der Waals surface area contributed by atoms with Gasteiger partial charge in [-0.25, -0.2) is 0 Å². The predicted octanol–water partition coefficient (Wildman–Crippen LogP) is 3.05. The summed E-state index contributed by atoms with van der Waals surface area (Å²) in [5, 5.41) is 10.1. The standard InChI is InChI=1S/C13H18BrNO/c1-13(2)7-8-15(9-12(13)16)11-6-4-3-5-10(11)14/h3-6,12,16H,7-9H2,1-2H3. The van der Waals surface area contributed by atoms with E-state index in [2.05, 4.69) is 40.7 Å². The molecule has 0 radical (unpaired) electrons. The van der Waals surface area contributed by atoms with Crippen LogP contribution in [0.1, 0.15) is 20.3 Å². The molecule has 1 N–H and O–H groups in total. The van der Waals surface area contributed by atoms with Gasteiger partial charge in [0.15, 0.2) is 0 Å². The van der Waals surface area contributed by atoms with E-state index in [0.29, 0.717) is 0 Å². The van der Waals surface area contributed by atoms with E-state index in [1.807, 2.05) is 18.2 Å². The molecule has 1 aliphatic rings. The Morgan fingerprint density at radius 1 is 1.38 bits per heavy atom. The number of β-amino-alcohol motifs (C(OH)–C–C–N with tert-alkyl or cyclic N) is 1.